The quantitative estimate of drug-likeness (QED) is 0.626. The van der Waals surface area contributed by atoms with Gasteiger partial charge in [-0.2, -0.15) is 0 Å². The van der Waals surface area contributed by atoms with Crippen molar-refractivity contribution in [2.45, 2.75) is 26.4 Å². The Balaban J connectivity index is 3.02. The van der Waals surface area contributed by atoms with E-state index >= 15 is 0 Å². The second-order valence-corrected chi connectivity index (χ2v) is 4.81. The van der Waals surface area contributed by atoms with Crippen molar-refractivity contribution in [2.24, 2.45) is 0 Å². The fraction of sp³-hybridized carbons (Fsp3) is 0.308. The number of carbonyl (C=O) groups excluding carboxylic acids is 1. The molecule has 3 heteroatoms. The van der Waals surface area contributed by atoms with E-state index in [0.717, 1.165) is 4.47 Å². The highest BCUT2D eigenvalue weighted by Gasteiger charge is 2.17. The largest absolute Gasteiger partial charge is 0.474 e. The molecule has 0 bridgehead atoms. The summed E-state index contributed by atoms with van der Waals surface area (Å²) in [7, 11) is 0. The van der Waals surface area contributed by atoms with Gasteiger partial charge in [-0.3, -0.25) is 4.79 Å². The van der Waals surface area contributed by atoms with E-state index in [4.69, 9.17) is 11.2 Å². The molecule has 0 heterocycles. The first kappa shape index (κ1) is 12.8. The Morgan fingerprint density at radius 1 is 1.50 bits per heavy atom. The predicted molar refractivity (Wildman–Crippen MR) is 67.7 cm³/mol. The van der Waals surface area contributed by atoms with Gasteiger partial charge in [-0.05, 0) is 54.9 Å². The fourth-order valence-electron chi connectivity index (χ4n) is 1.11. The van der Waals surface area contributed by atoms with Crippen LogP contribution in [0.4, 0.5) is 0 Å². The van der Waals surface area contributed by atoms with Gasteiger partial charge in [-0.25, -0.2) is 0 Å². The molecule has 0 aliphatic carbocycles. The number of ether oxygens (including phenoxy) is 1. The van der Waals surface area contributed by atoms with Crippen molar-refractivity contribution in [3.8, 4) is 18.1 Å². The SMILES string of the molecule is C#CC(C)(C)Oc1ccc(C(C)=O)cc1Br. The molecular weight excluding hydrogens is 268 g/mol. The summed E-state index contributed by atoms with van der Waals surface area (Å²) >= 11 is 3.35. The van der Waals surface area contributed by atoms with E-state index in [1.54, 1.807) is 32.0 Å². The Bertz CT molecular complexity index is 455. The Kier molecular flexibility index (Phi) is 3.77. The zero-order valence-electron chi connectivity index (χ0n) is 9.50. The van der Waals surface area contributed by atoms with Crippen molar-refractivity contribution in [1.82, 2.24) is 0 Å². The molecule has 0 radical (unpaired) electrons. The lowest BCUT2D eigenvalue weighted by Crippen LogP contribution is -2.25. The van der Waals surface area contributed by atoms with E-state index in [0.29, 0.717) is 11.3 Å². The average molecular weight is 281 g/mol. The number of rotatable bonds is 3. The standard InChI is InChI=1S/C13H13BrO2/c1-5-13(3,4)16-12-7-6-10(9(2)15)8-11(12)14/h1,6-8H,2-4H3. The minimum atomic E-state index is -0.666. The maximum absolute atomic E-state index is 11.2. The van der Waals surface area contributed by atoms with Gasteiger partial charge in [0, 0.05) is 5.56 Å². The topological polar surface area (TPSA) is 26.3 Å². The molecule has 84 valence electrons. The zero-order valence-corrected chi connectivity index (χ0v) is 11.1. The van der Waals surface area contributed by atoms with Crippen LogP contribution >= 0.6 is 15.9 Å². The van der Waals surface area contributed by atoms with Gasteiger partial charge >= 0.3 is 0 Å². The average Bonchev–Trinajstić information content (AvgIpc) is 2.20. The van der Waals surface area contributed by atoms with Crippen LogP contribution in [-0.4, -0.2) is 11.4 Å². The Morgan fingerprint density at radius 2 is 2.12 bits per heavy atom. The molecule has 0 aromatic heterocycles. The van der Waals surface area contributed by atoms with Gasteiger partial charge in [-0.1, -0.05) is 5.92 Å². The summed E-state index contributed by atoms with van der Waals surface area (Å²) < 4.78 is 6.35. The number of hydrogen-bond acceptors (Lipinski definition) is 2. The molecule has 0 saturated carbocycles. The number of ketones is 1. The second kappa shape index (κ2) is 4.71. The van der Waals surface area contributed by atoms with Crippen molar-refractivity contribution in [2.75, 3.05) is 0 Å². The van der Waals surface area contributed by atoms with Crippen LogP contribution in [0.1, 0.15) is 31.1 Å². The maximum atomic E-state index is 11.2. The van der Waals surface area contributed by atoms with E-state index in [9.17, 15) is 4.79 Å². The van der Waals surface area contributed by atoms with Gasteiger partial charge in [0.05, 0.1) is 4.47 Å². The first-order chi connectivity index (χ1) is 7.35. The van der Waals surface area contributed by atoms with Gasteiger partial charge in [0.2, 0.25) is 0 Å². The highest BCUT2D eigenvalue weighted by Crippen LogP contribution is 2.29. The molecule has 0 aliphatic rings. The van der Waals surface area contributed by atoms with Crippen LogP contribution in [0.5, 0.6) is 5.75 Å². The molecule has 1 aromatic carbocycles. The molecule has 1 aromatic rings. The van der Waals surface area contributed by atoms with Crippen molar-refractivity contribution < 1.29 is 9.53 Å². The molecule has 0 aliphatic heterocycles. The van der Waals surface area contributed by atoms with Crippen molar-refractivity contribution in [3.63, 3.8) is 0 Å². The molecule has 16 heavy (non-hydrogen) atoms. The monoisotopic (exact) mass is 280 g/mol. The molecule has 0 unspecified atom stereocenters. The summed E-state index contributed by atoms with van der Waals surface area (Å²) in [6, 6.07) is 5.18. The molecule has 0 atom stereocenters. The van der Waals surface area contributed by atoms with E-state index < -0.39 is 5.60 Å². The van der Waals surface area contributed by atoms with Gasteiger partial charge in [-0.15, -0.1) is 6.42 Å². The summed E-state index contributed by atoms with van der Waals surface area (Å²) in [5, 5.41) is 0. The summed E-state index contributed by atoms with van der Waals surface area (Å²) in [5.74, 6) is 3.19. The lowest BCUT2D eigenvalue weighted by molar-refractivity contribution is 0.101. The summed E-state index contributed by atoms with van der Waals surface area (Å²) in [5.41, 5.74) is -0.0296. The normalized spacial score (nSPS) is 10.7. The van der Waals surface area contributed by atoms with Crippen LogP contribution in [-0.2, 0) is 0 Å². The Labute approximate surface area is 104 Å². The maximum Gasteiger partial charge on any atom is 0.163 e. The molecule has 0 fully saturated rings. The summed E-state index contributed by atoms with van der Waals surface area (Å²) in [6.07, 6.45) is 5.34. The van der Waals surface area contributed by atoms with Crippen LogP contribution in [0.3, 0.4) is 0 Å². The van der Waals surface area contributed by atoms with E-state index in [-0.39, 0.29) is 5.78 Å². The van der Waals surface area contributed by atoms with Crippen molar-refractivity contribution in [1.29, 1.82) is 0 Å². The third-order valence-electron chi connectivity index (χ3n) is 2.05. The Hall–Kier alpha value is -1.27. The highest BCUT2D eigenvalue weighted by molar-refractivity contribution is 9.10. The van der Waals surface area contributed by atoms with Crippen molar-refractivity contribution >= 4 is 21.7 Å². The molecule has 1 rings (SSSR count). The third kappa shape index (κ3) is 3.11. The highest BCUT2D eigenvalue weighted by atomic mass is 79.9. The minimum Gasteiger partial charge on any atom is -0.474 e. The first-order valence-electron chi connectivity index (χ1n) is 4.83. The van der Waals surface area contributed by atoms with Gasteiger partial charge in [0.15, 0.2) is 11.4 Å². The van der Waals surface area contributed by atoms with E-state index in [2.05, 4.69) is 21.9 Å². The molecule has 0 saturated heterocycles. The molecule has 0 amide bonds. The van der Waals surface area contributed by atoms with Crippen molar-refractivity contribution in [3.05, 3.63) is 28.2 Å². The number of hydrogen-bond donors (Lipinski definition) is 0. The van der Waals surface area contributed by atoms with Gasteiger partial charge in [0.25, 0.3) is 0 Å². The molecular formula is C13H13BrO2. The van der Waals surface area contributed by atoms with Crippen LogP contribution in [0.15, 0.2) is 22.7 Å². The summed E-state index contributed by atoms with van der Waals surface area (Å²) in [4.78, 5) is 11.2. The molecule has 2 nitrogen and oxygen atoms in total. The number of benzene rings is 1. The van der Waals surface area contributed by atoms with Crippen LogP contribution < -0.4 is 4.74 Å². The zero-order chi connectivity index (χ0) is 12.3. The third-order valence-corrected chi connectivity index (χ3v) is 2.67. The van der Waals surface area contributed by atoms with E-state index in [1.807, 2.05) is 0 Å². The van der Waals surface area contributed by atoms with Crippen LogP contribution in [0, 0.1) is 12.3 Å². The summed E-state index contributed by atoms with van der Waals surface area (Å²) in [6.45, 7) is 5.13. The number of terminal acetylenes is 1. The molecule has 0 N–H and O–H groups in total. The molecule has 0 spiro atoms. The first-order valence-corrected chi connectivity index (χ1v) is 5.62. The van der Waals surface area contributed by atoms with Crippen LogP contribution in [0.2, 0.25) is 0 Å². The second-order valence-electron chi connectivity index (χ2n) is 3.96. The number of halogens is 1. The number of carbonyl (C=O) groups is 1. The minimum absolute atomic E-state index is 0.0171. The van der Waals surface area contributed by atoms with Gasteiger partial charge in [0.1, 0.15) is 5.75 Å². The number of Topliss-reactive ketones (excluding diaryl/α,β-unsaturated/α-hetero) is 1. The lowest BCUT2D eigenvalue weighted by Gasteiger charge is -2.21. The van der Waals surface area contributed by atoms with E-state index in [1.165, 1.54) is 6.92 Å². The Morgan fingerprint density at radius 3 is 2.56 bits per heavy atom. The van der Waals surface area contributed by atoms with Crippen LogP contribution in [0.25, 0.3) is 0 Å². The van der Waals surface area contributed by atoms with Gasteiger partial charge < -0.3 is 4.74 Å². The predicted octanol–water partition coefficient (Wildman–Crippen LogP) is 3.44. The fourth-order valence-corrected chi connectivity index (χ4v) is 1.57. The smallest absolute Gasteiger partial charge is 0.163 e. The lowest BCUT2D eigenvalue weighted by atomic mass is 10.1.